The number of likely N-dealkylation sites (N-methyl/N-ethyl adjacent to an activating group) is 2. The molecule has 1 atom stereocenters. The van der Waals surface area contributed by atoms with Crippen LogP contribution >= 0.6 is 0 Å². The van der Waals surface area contributed by atoms with Crippen LogP contribution in [0.3, 0.4) is 0 Å². The van der Waals surface area contributed by atoms with E-state index in [-0.39, 0.29) is 17.5 Å². The first kappa shape index (κ1) is 19.8. The highest BCUT2D eigenvalue weighted by Crippen LogP contribution is 2.34. The van der Waals surface area contributed by atoms with Crippen LogP contribution in [0.4, 0.5) is 5.69 Å². The van der Waals surface area contributed by atoms with E-state index in [1.165, 1.54) is 4.31 Å². The molecule has 4 rings (SSSR count). The molecule has 2 aliphatic rings. The topological polar surface area (TPSA) is 68.3 Å². The van der Waals surface area contributed by atoms with E-state index in [0.29, 0.717) is 31.3 Å². The van der Waals surface area contributed by atoms with Crippen molar-refractivity contribution in [1.82, 2.24) is 4.31 Å². The number of rotatable bonds is 5. The Labute approximate surface area is 171 Å². The monoisotopic (exact) mass is 418 g/mol. The number of hydrogen-bond acceptors (Lipinski definition) is 6. The second-order valence-corrected chi connectivity index (χ2v) is 9.24. The van der Waals surface area contributed by atoms with Gasteiger partial charge in [0, 0.05) is 26.1 Å². The summed E-state index contributed by atoms with van der Waals surface area (Å²) in [4.78, 5) is 2.39. The van der Waals surface area contributed by atoms with Gasteiger partial charge < -0.3 is 19.1 Å². The van der Waals surface area contributed by atoms with Crippen molar-refractivity contribution in [2.75, 3.05) is 44.8 Å². The maximum Gasteiger partial charge on any atom is 0.243 e. The van der Waals surface area contributed by atoms with Gasteiger partial charge in [-0.25, -0.2) is 8.42 Å². The van der Waals surface area contributed by atoms with Gasteiger partial charge in [-0.15, -0.1) is 0 Å². The predicted molar refractivity (Wildman–Crippen MR) is 111 cm³/mol. The molecule has 8 heteroatoms. The van der Waals surface area contributed by atoms with Crippen LogP contribution in [0.25, 0.3) is 0 Å². The first-order valence-electron chi connectivity index (χ1n) is 9.85. The lowest BCUT2D eigenvalue weighted by Crippen LogP contribution is -2.46. The summed E-state index contributed by atoms with van der Waals surface area (Å²) in [7, 11) is -2.10. The number of nitrogens with zero attached hydrogens (tertiary/aromatic N) is 2. The molecule has 156 valence electrons. The fourth-order valence-corrected chi connectivity index (χ4v) is 4.86. The first-order valence-corrected chi connectivity index (χ1v) is 11.3. The van der Waals surface area contributed by atoms with Crippen LogP contribution < -0.4 is 19.1 Å². The van der Waals surface area contributed by atoms with Gasteiger partial charge in [-0.2, -0.15) is 4.31 Å². The van der Waals surface area contributed by atoms with Gasteiger partial charge in [0.05, 0.1) is 36.9 Å². The van der Waals surface area contributed by atoms with E-state index in [0.717, 1.165) is 24.4 Å². The molecule has 2 aliphatic heterocycles. The van der Waals surface area contributed by atoms with Crippen molar-refractivity contribution in [2.45, 2.75) is 24.3 Å². The zero-order valence-corrected chi connectivity index (χ0v) is 17.5. The summed E-state index contributed by atoms with van der Waals surface area (Å²) in [5, 5.41) is 0. The van der Waals surface area contributed by atoms with Crippen molar-refractivity contribution in [3.63, 3.8) is 0 Å². The zero-order valence-electron chi connectivity index (χ0n) is 16.7. The number of sulfonamides is 1. The third kappa shape index (κ3) is 4.00. The number of hydrogen-bond donors (Lipinski definition) is 0. The average Bonchev–Trinajstić information content (AvgIpc) is 2.97. The number of fused-ring (bicyclic) bond motifs is 2. The Morgan fingerprint density at radius 3 is 2.62 bits per heavy atom. The van der Waals surface area contributed by atoms with Gasteiger partial charge in [0.1, 0.15) is 11.9 Å². The molecule has 0 saturated heterocycles. The highest BCUT2D eigenvalue weighted by molar-refractivity contribution is 7.89. The van der Waals surface area contributed by atoms with Gasteiger partial charge in [0.2, 0.25) is 10.0 Å². The van der Waals surface area contributed by atoms with Crippen LogP contribution in [0.5, 0.6) is 17.2 Å². The lowest BCUT2D eigenvalue weighted by Gasteiger charge is -2.37. The summed E-state index contributed by atoms with van der Waals surface area (Å²) in [6, 6.07) is 12.6. The maximum atomic E-state index is 13.1. The van der Waals surface area contributed by atoms with Gasteiger partial charge >= 0.3 is 0 Å². The Kier molecular flexibility index (Phi) is 5.56. The van der Waals surface area contributed by atoms with Gasteiger partial charge in [0.15, 0.2) is 11.5 Å². The fraction of sp³-hybridized carbons (Fsp3) is 0.429. The van der Waals surface area contributed by atoms with E-state index in [9.17, 15) is 8.42 Å². The van der Waals surface area contributed by atoms with Crippen molar-refractivity contribution in [3.05, 3.63) is 42.5 Å². The summed E-state index contributed by atoms with van der Waals surface area (Å²) in [5.74, 6) is 1.83. The van der Waals surface area contributed by atoms with E-state index >= 15 is 0 Å². The fourth-order valence-electron chi connectivity index (χ4n) is 3.64. The van der Waals surface area contributed by atoms with E-state index in [2.05, 4.69) is 11.8 Å². The van der Waals surface area contributed by atoms with Gasteiger partial charge in [0.25, 0.3) is 0 Å². The van der Waals surface area contributed by atoms with E-state index in [4.69, 9.17) is 14.2 Å². The molecule has 0 spiro atoms. The highest BCUT2D eigenvalue weighted by atomic mass is 32.2. The number of ether oxygens (including phenoxy) is 3. The van der Waals surface area contributed by atoms with Crippen LogP contribution in [0.1, 0.15) is 13.3 Å². The van der Waals surface area contributed by atoms with Gasteiger partial charge in [-0.3, -0.25) is 0 Å². The molecule has 2 heterocycles. The minimum atomic E-state index is -3.69. The Morgan fingerprint density at radius 1 is 1.07 bits per heavy atom. The van der Waals surface area contributed by atoms with Crippen molar-refractivity contribution >= 4 is 15.7 Å². The van der Waals surface area contributed by atoms with Gasteiger partial charge in [-0.05, 0) is 31.2 Å². The molecular weight excluding hydrogens is 392 g/mol. The Hall–Kier alpha value is -2.45. The molecule has 0 aliphatic carbocycles. The van der Waals surface area contributed by atoms with Crippen molar-refractivity contribution < 1.29 is 22.6 Å². The standard InChI is InChI=1S/C21H26N2O5S/c1-3-23-15-16(28-19-8-5-4-7-18(19)23)14-22(2)29(24,25)17-9-10-20-21(13-17)27-12-6-11-26-20/h4-5,7-10,13,16H,3,6,11-12,14-15H2,1-2H3. The molecule has 0 saturated carbocycles. The van der Waals surface area contributed by atoms with Crippen LogP contribution in [0.15, 0.2) is 47.4 Å². The van der Waals surface area contributed by atoms with E-state index in [1.54, 1.807) is 25.2 Å². The summed E-state index contributed by atoms with van der Waals surface area (Å²) in [6.07, 6.45) is 0.510. The molecule has 0 radical (unpaired) electrons. The summed E-state index contributed by atoms with van der Waals surface area (Å²) in [5.41, 5.74) is 1.04. The average molecular weight is 419 g/mol. The lowest BCUT2D eigenvalue weighted by molar-refractivity contribution is 0.171. The van der Waals surface area contributed by atoms with Crippen molar-refractivity contribution in [1.29, 1.82) is 0 Å². The Morgan fingerprint density at radius 2 is 1.83 bits per heavy atom. The SMILES string of the molecule is CCN1CC(CN(C)S(=O)(=O)c2ccc3c(c2)OCCCO3)Oc2ccccc21. The molecule has 1 unspecified atom stereocenters. The Bertz CT molecular complexity index is 979. The van der Waals surface area contributed by atoms with Crippen molar-refractivity contribution in [3.8, 4) is 17.2 Å². The van der Waals surface area contributed by atoms with Crippen LogP contribution in [-0.4, -0.2) is 58.7 Å². The first-order chi connectivity index (χ1) is 14.0. The predicted octanol–water partition coefficient (Wildman–Crippen LogP) is 2.76. The molecule has 0 amide bonds. The van der Waals surface area contributed by atoms with E-state index in [1.807, 2.05) is 24.3 Å². The normalized spacial score (nSPS) is 18.7. The Balaban J connectivity index is 1.52. The van der Waals surface area contributed by atoms with Crippen LogP contribution in [0, 0.1) is 0 Å². The molecule has 0 aromatic heterocycles. The van der Waals surface area contributed by atoms with Crippen molar-refractivity contribution in [2.24, 2.45) is 0 Å². The maximum absolute atomic E-state index is 13.1. The zero-order chi connectivity index (χ0) is 20.4. The molecule has 2 aromatic rings. The number of para-hydroxylation sites is 2. The summed E-state index contributed by atoms with van der Waals surface area (Å²) in [6.45, 7) is 4.87. The molecule has 7 nitrogen and oxygen atoms in total. The van der Waals surface area contributed by atoms with E-state index < -0.39 is 10.0 Å². The second kappa shape index (κ2) is 8.12. The summed E-state index contributed by atoms with van der Waals surface area (Å²) < 4.78 is 44.9. The summed E-state index contributed by atoms with van der Waals surface area (Å²) >= 11 is 0. The quantitative estimate of drug-likeness (QED) is 0.744. The largest absolute Gasteiger partial charge is 0.490 e. The van der Waals surface area contributed by atoms with Crippen LogP contribution in [0.2, 0.25) is 0 Å². The smallest absolute Gasteiger partial charge is 0.243 e. The molecular formula is C21H26N2O5S. The van der Waals surface area contributed by atoms with Gasteiger partial charge in [-0.1, -0.05) is 12.1 Å². The molecule has 2 aromatic carbocycles. The highest BCUT2D eigenvalue weighted by Gasteiger charge is 2.30. The number of anilines is 1. The minimum absolute atomic E-state index is 0.188. The number of benzene rings is 2. The van der Waals surface area contributed by atoms with Crippen LogP contribution in [-0.2, 0) is 10.0 Å². The second-order valence-electron chi connectivity index (χ2n) is 7.19. The molecule has 0 N–H and O–H groups in total. The molecule has 29 heavy (non-hydrogen) atoms. The third-order valence-corrected chi connectivity index (χ3v) is 7.01. The molecule has 0 fully saturated rings. The molecule has 0 bridgehead atoms. The minimum Gasteiger partial charge on any atom is -0.490 e. The lowest BCUT2D eigenvalue weighted by atomic mass is 10.2. The third-order valence-electron chi connectivity index (χ3n) is 5.19.